The van der Waals surface area contributed by atoms with Crippen LogP contribution in [0.2, 0.25) is 0 Å². The van der Waals surface area contributed by atoms with E-state index >= 15 is 0 Å². The van der Waals surface area contributed by atoms with Gasteiger partial charge in [0.05, 0.1) is 6.04 Å². The first-order valence-corrected chi connectivity index (χ1v) is 6.83. The molecule has 4 nitrogen and oxygen atoms in total. The molecule has 3 N–H and O–H groups in total. The Morgan fingerprint density at radius 2 is 2.00 bits per heavy atom. The van der Waals surface area contributed by atoms with E-state index < -0.39 is 0 Å². The SMILES string of the molecule is CCC(C)NC(=O)C(C)N1CCC(CN)CC1. The molecule has 1 fully saturated rings. The fourth-order valence-electron chi connectivity index (χ4n) is 2.21. The standard InChI is InChI=1S/C13H27N3O/c1-4-10(2)15-13(17)11(3)16-7-5-12(9-14)6-8-16/h10-12H,4-9,14H2,1-3H3,(H,15,17). The third-order valence-corrected chi connectivity index (χ3v) is 3.91. The van der Waals surface area contributed by atoms with Crippen LogP contribution in [-0.2, 0) is 4.79 Å². The minimum absolute atomic E-state index is 0.0114. The third kappa shape index (κ3) is 4.28. The first-order chi connectivity index (χ1) is 8.08. The number of hydrogen-bond donors (Lipinski definition) is 2. The molecule has 0 aromatic carbocycles. The zero-order valence-corrected chi connectivity index (χ0v) is 11.4. The number of hydrogen-bond acceptors (Lipinski definition) is 3. The molecule has 1 aliphatic heterocycles. The van der Waals surface area contributed by atoms with E-state index in [2.05, 4.69) is 17.1 Å². The lowest BCUT2D eigenvalue weighted by atomic mass is 9.96. The highest BCUT2D eigenvalue weighted by atomic mass is 16.2. The van der Waals surface area contributed by atoms with Gasteiger partial charge in [0, 0.05) is 6.04 Å². The molecule has 100 valence electrons. The average Bonchev–Trinajstić information content (AvgIpc) is 2.37. The van der Waals surface area contributed by atoms with Crippen LogP contribution in [0.1, 0.15) is 40.0 Å². The van der Waals surface area contributed by atoms with Gasteiger partial charge in [0.1, 0.15) is 0 Å². The Kier molecular flexibility index (Phi) is 5.92. The van der Waals surface area contributed by atoms with E-state index in [0.29, 0.717) is 5.92 Å². The summed E-state index contributed by atoms with van der Waals surface area (Å²) < 4.78 is 0. The van der Waals surface area contributed by atoms with Crippen LogP contribution in [0.4, 0.5) is 0 Å². The Morgan fingerprint density at radius 3 is 2.47 bits per heavy atom. The van der Waals surface area contributed by atoms with Crippen LogP contribution in [-0.4, -0.2) is 42.5 Å². The maximum Gasteiger partial charge on any atom is 0.237 e. The number of nitrogens with zero attached hydrogens (tertiary/aromatic N) is 1. The molecule has 1 heterocycles. The molecule has 0 aromatic heterocycles. The molecule has 1 aliphatic rings. The number of carbonyl (C=O) groups excluding carboxylic acids is 1. The minimum atomic E-state index is -0.0114. The van der Waals surface area contributed by atoms with Gasteiger partial charge in [0.15, 0.2) is 0 Å². The van der Waals surface area contributed by atoms with Crippen LogP contribution in [0.15, 0.2) is 0 Å². The summed E-state index contributed by atoms with van der Waals surface area (Å²) in [6.07, 6.45) is 3.22. The predicted molar refractivity (Wildman–Crippen MR) is 70.7 cm³/mol. The lowest BCUT2D eigenvalue weighted by molar-refractivity contribution is -0.127. The van der Waals surface area contributed by atoms with Gasteiger partial charge in [-0.2, -0.15) is 0 Å². The Hall–Kier alpha value is -0.610. The summed E-state index contributed by atoms with van der Waals surface area (Å²) in [5, 5.41) is 3.05. The molecule has 2 atom stereocenters. The van der Waals surface area contributed by atoms with Crippen LogP contribution in [0.25, 0.3) is 0 Å². The number of amides is 1. The maximum atomic E-state index is 12.0. The van der Waals surface area contributed by atoms with Crippen LogP contribution in [0, 0.1) is 5.92 Å². The number of nitrogens with one attached hydrogen (secondary N) is 1. The van der Waals surface area contributed by atoms with Crippen molar-refractivity contribution in [3.8, 4) is 0 Å². The fraction of sp³-hybridized carbons (Fsp3) is 0.923. The van der Waals surface area contributed by atoms with Gasteiger partial charge in [-0.1, -0.05) is 6.92 Å². The predicted octanol–water partition coefficient (Wildman–Crippen LogP) is 0.960. The molecule has 0 bridgehead atoms. The van der Waals surface area contributed by atoms with E-state index in [1.807, 2.05) is 13.8 Å². The van der Waals surface area contributed by atoms with Crippen LogP contribution in [0.3, 0.4) is 0 Å². The van der Waals surface area contributed by atoms with Gasteiger partial charge in [0.25, 0.3) is 0 Å². The van der Waals surface area contributed by atoms with Crippen molar-refractivity contribution in [1.82, 2.24) is 10.2 Å². The van der Waals surface area contributed by atoms with E-state index in [-0.39, 0.29) is 18.0 Å². The Bertz CT molecular complexity index is 237. The van der Waals surface area contributed by atoms with Gasteiger partial charge in [-0.3, -0.25) is 9.69 Å². The van der Waals surface area contributed by atoms with Crippen molar-refractivity contribution in [2.45, 2.75) is 52.1 Å². The van der Waals surface area contributed by atoms with E-state index in [9.17, 15) is 4.79 Å². The summed E-state index contributed by atoms with van der Waals surface area (Å²) in [4.78, 5) is 14.3. The van der Waals surface area contributed by atoms with Gasteiger partial charge in [-0.15, -0.1) is 0 Å². The van der Waals surface area contributed by atoms with Crippen molar-refractivity contribution in [2.75, 3.05) is 19.6 Å². The van der Waals surface area contributed by atoms with E-state index in [0.717, 1.165) is 38.9 Å². The molecule has 4 heteroatoms. The molecule has 0 aromatic rings. The van der Waals surface area contributed by atoms with Crippen molar-refractivity contribution in [3.05, 3.63) is 0 Å². The van der Waals surface area contributed by atoms with Gasteiger partial charge >= 0.3 is 0 Å². The molecule has 2 unspecified atom stereocenters. The topological polar surface area (TPSA) is 58.4 Å². The molecule has 0 radical (unpaired) electrons. The second-order valence-corrected chi connectivity index (χ2v) is 5.21. The van der Waals surface area contributed by atoms with Crippen molar-refractivity contribution in [1.29, 1.82) is 0 Å². The number of nitrogens with two attached hydrogens (primary N) is 1. The Labute approximate surface area is 105 Å². The Balaban J connectivity index is 2.37. The number of likely N-dealkylation sites (tertiary alicyclic amines) is 1. The van der Waals surface area contributed by atoms with Crippen LogP contribution >= 0.6 is 0 Å². The van der Waals surface area contributed by atoms with Crippen LogP contribution < -0.4 is 11.1 Å². The summed E-state index contributed by atoms with van der Waals surface area (Å²) in [6.45, 7) is 8.91. The van der Waals surface area contributed by atoms with Gasteiger partial charge in [-0.25, -0.2) is 0 Å². The second kappa shape index (κ2) is 6.97. The molecule has 1 rings (SSSR count). The van der Waals surface area contributed by atoms with Crippen molar-refractivity contribution < 1.29 is 4.79 Å². The normalized spacial score (nSPS) is 22.1. The maximum absolute atomic E-state index is 12.0. The van der Waals surface area contributed by atoms with Gasteiger partial charge in [-0.05, 0) is 58.7 Å². The number of piperidine rings is 1. The first-order valence-electron chi connectivity index (χ1n) is 6.83. The Morgan fingerprint density at radius 1 is 1.41 bits per heavy atom. The summed E-state index contributed by atoms with van der Waals surface area (Å²) in [5.41, 5.74) is 5.67. The summed E-state index contributed by atoms with van der Waals surface area (Å²) >= 11 is 0. The van der Waals surface area contributed by atoms with Gasteiger partial charge < -0.3 is 11.1 Å². The highest BCUT2D eigenvalue weighted by Crippen LogP contribution is 2.17. The number of carbonyl (C=O) groups is 1. The van der Waals surface area contributed by atoms with Crippen molar-refractivity contribution in [3.63, 3.8) is 0 Å². The molecule has 1 amide bonds. The lowest BCUT2D eigenvalue weighted by Gasteiger charge is -2.35. The highest BCUT2D eigenvalue weighted by Gasteiger charge is 2.26. The average molecular weight is 241 g/mol. The van der Waals surface area contributed by atoms with E-state index in [1.165, 1.54) is 0 Å². The van der Waals surface area contributed by atoms with E-state index in [1.54, 1.807) is 0 Å². The molecule has 17 heavy (non-hydrogen) atoms. The van der Waals surface area contributed by atoms with Crippen molar-refractivity contribution >= 4 is 5.91 Å². The monoisotopic (exact) mass is 241 g/mol. The van der Waals surface area contributed by atoms with E-state index in [4.69, 9.17) is 5.73 Å². The molecule has 0 saturated carbocycles. The third-order valence-electron chi connectivity index (χ3n) is 3.91. The minimum Gasteiger partial charge on any atom is -0.352 e. The summed E-state index contributed by atoms with van der Waals surface area (Å²) in [5.74, 6) is 0.807. The molecular weight excluding hydrogens is 214 g/mol. The zero-order valence-electron chi connectivity index (χ0n) is 11.4. The zero-order chi connectivity index (χ0) is 12.8. The second-order valence-electron chi connectivity index (χ2n) is 5.21. The summed E-state index contributed by atoms with van der Waals surface area (Å²) in [7, 11) is 0. The molecule has 0 aliphatic carbocycles. The summed E-state index contributed by atoms with van der Waals surface area (Å²) in [6, 6.07) is 0.259. The quantitative estimate of drug-likeness (QED) is 0.754. The first kappa shape index (κ1) is 14.5. The molecular formula is C13H27N3O. The molecule has 0 spiro atoms. The molecule has 1 saturated heterocycles. The van der Waals surface area contributed by atoms with Crippen molar-refractivity contribution in [2.24, 2.45) is 11.7 Å². The van der Waals surface area contributed by atoms with Gasteiger partial charge in [0.2, 0.25) is 5.91 Å². The largest absolute Gasteiger partial charge is 0.352 e. The van der Waals surface area contributed by atoms with Crippen LogP contribution in [0.5, 0.6) is 0 Å². The fourth-order valence-corrected chi connectivity index (χ4v) is 2.21. The highest BCUT2D eigenvalue weighted by molar-refractivity contribution is 5.81. The lowest BCUT2D eigenvalue weighted by Crippen LogP contribution is -2.50. The smallest absolute Gasteiger partial charge is 0.237 e. The number of rotatable bonds is 5.